The van der Waals surface area contributed by atoms with E-state index in [-0.39, 0.29) is 39.6 Å². The zero-order chi connectivity index (χ0) is 30.1. The van der Waals surface area contributed by atoms with E-state index in [2.05, 4.69) is 69.2 Å². The molecule has 0 spiro atoms. The van der Waals surface area contributed by atoms with Crippen molar-refractivity contribution in [3.8, 4) is 0 Å². The van der Waals surface area contributed by atoms with Gasteiger partial charge >= 0.3 is 0 Å². The van der Waals surface area contributed by atoms with Crippen LogP contribution in [-0.2, 0) is 30.0 Å². The van der Waals surface area contributed by atoms with Crippen molar-refractivity contribution in [2.45, 2.75) is 107 Å². The summed E-state index contributed by atoms with van der Waals surface area (Å²) in [4.78, 5) is 23.3. The standard InChI is InChI=1S/C26H42N5O6PS2Si/c1-14(2)15-9-10-26(6)17(11-15)36-38(39,40-26)37-20-16(12-34-41(7,8)25(3,4)5)35-23(19(20)32)31-13-28-18-21(31)29-24(27)30-22(18)33/h13,15-17,19-20,23,32H,1,9-12H2,2-8H3,(H3,27,29,30,33)/t15-,16-,17+,19-,20-,23-,26+,38-/m1/s1. The normalized spacial score (nSPS) is 36.1. The van der Waals surface area contributed by atoms with Gasteiger partial charge in [0.15, 0.2) is 25.7 Å². The molecule has 0 amide bonds. The van der Waals surface area contributed by atoms with E-state index in [1.54, 1.807) is 11.4 Å². The zero-order valence-electron chi connectivity index (χ0n) is 24.7. The lowest BCUT2D eigenvalue weighted by Gasteiger charge is -2.37. The van der Waals surface area contributed by atoms with Crippen molar-refractivity contribution < 1.29 is 23.3 Å². The van der Waals surface area contributed by atoms with Crippen LogP contribution in [0.5, 0.6) is 0 Å². The predicted octanol–water partition coefficient (Wildman–Crippen LogP) is 4.86. The first-order valence-electron chi connectivity index (χ1n) is 14.0. The van der Waals surface area contributed by atoms with Crippen LogP contribution in [0.3, 0.4) is 0 Å². The first-order valence-corrected chi connectivity index (χ1v) is 20.9. The number of aromatic nitrogens is 4. The van der Waals surface area contributed by atoms with E-state index >= 15 is 0 Å². The molecule has 2 aromatic rings. The summed E-state index contributed by atoms with van der Waals surface area (Å²) in [5.41, 5.74) is 3.94. The van der Waals surface area contributed by atoms with Gasteiger partial charge in [-0.2, -0.15) is 4.98 Å². The summed E-state index contributed by atoms with van der Waals surface area (Å²) in [5, 5.41) is 11.7. The summed E-state index contributed by atoms with van der Waals surface area (Å²) < 4.78 is 27.5. The number of nitrogen functional groups attached to an aromatic ring is 1. The summed E-state index contributed by atoms with van der Waals surface area (Å²) in [6.45, 7) is 19.5. The van der Waals surface area contributed by atoms with Gasteiger partial charge in [0.1, 0.15) is 18.3 Å². The third-order valence-electron chi connectivity index (χ3n) is 9.14. The molecule has 2 aliphatic heterocycles. The summed E-state index contributed by atoms with van der Waals surface area (Å²) in [5.74, 6) is 0.334. The Morgan fingerprint density at radius 2 is 2.17 bits per heavy atom. The molecular weight excluding hydrogens is 602 g/mol. The van der Waals surface area contributed by atoms with Crippen molar-refractivity contribution in [2.75, 3.05) is 12.3 Å². The molecule has 3 fully saturated rings. The lowest BCUT2D eigenvalue weighted by Crippen LogP contribution is -2.45. The minimum atomic E-state index is -2.86. The number of hydrogen-bond acceptors (Lipinski definition) is 11. The number of nitrogens with two attached hydrogens (primary N) is 1. The Hall–Kier alpha value is -1.09. The van der Waals surface area contributed by atoms with Crippen LogP contribution in [0.4, 0.5) is 5.95 Å². The molecule has 228 valence electrons. The number of allylic oxidation sites excluding steroid dienone is 1. The fourth-order valence-electron chi connectivity index (χ4n) is 5.43. The molecule has 3 aliphatic rings. The van der Waals surface area contributed by atoms with Crippen LogP contribution in [0.25, 0.3) is 11.2 Å². The molecule has 5 rings (SSSR count). The highest BCUT2D eigenvalue weighted by molar-refractivity contribution is 8.68. The molecule has 1 saturated carbocycles. The number of aliphatic hydroxyl groups excluding tert-OH is 1. The van der Waals surface area contributed by atoms with Crippen LogP contribution >= 0.6 is 17.1 Å². The van der Waals surface area contributed by atoms with Crippen LogP contribution in [0.15, 0.2) is 23.3 Å². The van der Waals surface area contributed by atoms with Gasteiger partial charge in [-0.1, -0.05) is 44.3 Å². The van der Waals surface area contributed by atoms with Crippen molar-refractivity contribution in [1.29, 1.82) is 0 Å². The minimum absolute atomic E-state index is 0.0240. The lowest BCUT2D eigenvalue weighted by molar-refractivity contribution is -0.0485. The second-order valence-corrected chi connectivity index (χ2v) is 24.6. The van der Waals surface area contributed by atoms with Crippen molar-refractivity contribution >= 4 is 54.3 Å². The van der Waals surface area contributed by atoms with Crippen molar-refractivity contribution in [1.82, 2.24) is 19.5 Å². The van der Waals surface area contributed by atoms with Gasteiger partial charge in [0.2, 0.25) is 11.6 Å². The molecule has 41 heavy (non-hydrogen) atoms. The van der Waals surface area contributed by atoms with E-state index in [0.717, 1.165) is 24.8 Å². The summed E-state index contributed by atoms with van der Waals surface area (Å²) in [7, 11) is -2.16. The van der Waals surface area contributed by atoms with Crippen LogP contribution < -0.4 is 11.3 Å². The number of nitrogens with one attached hydrogen (secondary N) is 1. The fraction of sp³-hybridized carbons (Fsp3) is 0.731. The highest BCUT2D eigenvalue weighted by Gasteiger charge is 2.57. The number of aliphatic hydroxyl groups is 1. The zero-order valence-corrected chi connectivity index (χ0v) is 28.3. The molecule has 15 heteroatoms. The Morgan fingerprint density at radius 3 is 2.83 bits per heavy atom. The molecule has 0 bridgehead atoms. The van der Waals surface area contributed by atoms with Crippen molar-refractivity contribution in [2.24, 2.45) is 5.92 Å². The Kier molecular flexibility index (Phi) is 8.26. The largest absolute Gasteiger partial charge is 0.414 e. The number of rotatable bonds is 7. The predicted molar refractivity (Wildman–Crippen MR) is 168 cm³/mol. The van der Waals surface area contributed by atoms with Crippen LogP contribution in [0.1, 0.15) is 60.1 Å². The molecule has 0 unspecified atom stereocenters. The van der Waals surface area contributed by atoms with E-state index in [4.69, 9.17) is 35.8 Å². The topological polar surface area (TPSA) is 147 Å². The Balaban J connectivity index is 1.44. The summed E-state index contributed by atoms with van der Waals surface area (Å²) in [6, 6.07) is 0. The van der Waals surface area contributed by atoms with Gasteiger partial charge in [-0.3, -0.25) is 14.3 Å². The Morgan fingerprint density at radius 1 is 1.46 bits per heavy atom. The molecule has 1 aliphatic carbocycles. The maximum Gasteiger partial charge on any atom is 0.280 e. The lowest BCUT2D eigenvalue weighted by atomic mass is 9.77. The number of nitrogens with zero attached hydrogens (tertiary/aromatic N) is 3. The van der Waals surface area contributed by atoms with E-state index in [9.17, 15) is 9.90 Å². The van der Waals surface area contributed by atoms with Gasteiger partial charge in [-0.25, -0.2) is 4.98 Å². The molecule has 2 saturated heterocycles. The summed E-state index contributed by atoms with van der Waals surface area (Å²) in [6.07, 6.45) is 0.615. The van der Waals surface area contributed by atoms with Crippen LogP contribution in [0.2, 0.25) is 18.1 Å². The highest BCUT2D eigenvalue weighted by atomic mass is 32.9. The Bertz CT molecular complexity index is 1450. The van der Waals surface area contributed by atoms with E-state index < -0.39 is 44.1 Å². The highest BCUT2D eigenvalue weighted by Crippen LogP contribution is 2.76. The molecule has 4 heterocycles. The van der Waals surface area contributed by atoms with Crippen LogP contribution in [0, 0.1) is 5.92 Å². The number of anilines is 1. The number of hydrogen-bond donors (Lipinski definition) is 3. The monoisotopic (exact) mass is 643 g/mol. The van der Waals surface area contributed by atoms with Crippen molar-refractivity contribution in [3.05, 3.63) is 28.8 Å². The third kappa shape index (κ3) is 5.88. The molecule has 4 N–H and O–H groups in total. The maximum absolute atomic E-state index is 12.4. The second kappa shape index (κ2) is 10.8. The smallest absolute Gasteiger partial charge is 0.280 e. The fourth-order valence-corrected chi connectivity index (χ4v) is 14.0. The van der Waals surface area contributed by atoms with Crippen LogP contribution in [-0.4, -0.2) is 68.7 Å². The molecule has 8 atom stereocenters. The number of H-pyrrole nitrogens is 1. The number of imidazole rings is 1. The van der Waals surface area contributed by atoms with E-state index in [0.29, 0.717) is 5.92 Å². The third-order valence-corrected chi connectivity index (χ3v) is 19.4. The molecule has 0 radical (unpaired) electrons. The first kappa shape index (κ1) is 31.3. The number of fused-ring (bicyclic) bond motifs is 2. The van der Waals surface area contributed by atoms with Gasteiger partial charge in [0.25, 0.3) is 5.56 Å². The number of ether oxygens (including phenoxy) is 1. The van der Waals surface area contributed by atoms with Gasteiger partial charge in [0.05, 0.1) is 19.0 Å². The minimum Gasteiger partial charge on any atom is -0.414 e. The average molecular weight is 644 g/mol. The van der Waals surface area contributed by atoms with E-state index in [1.165, 1.54) is 10.9 Å². The van der Waals surface area contributed by atoms with Crippen molar-refractivity contribution in [3.63, 3.8) is 0 Å². The first-order chi connectivity index (χ1) is 18.9. The number of aromatic amines is 1. The molecule has 2 aromatic heterocycles. The maximum atomic E-state index is 12.4. The van der Waals surface area contributed by atoms with Gasteiger partial charge < -0.3 is 29.1 Å². The van der Waals surface area contributed by atoms with Gasteiger partial charge in [-0.15, -0.1) is 0 Å². The summed E-state index contributed by atoms with van der Waals surface area (Å²) >= 11 is 7.68. The Labute approximate surface area is 251 Å². The van der Waals surface area contributed by atoms with E-state index in [1.807, 2.05) is 0 Å². The quantitative estimate of drug-likeness (QED) is 0.216. The molecular formula is C26H42N5O6PS2Si. The molecule has 11 nitrogen and oxygen atoms in total. The molecule has 0 aromatic carbocycles. The van der Waals surface area contributed by atoms with Gasteiger partial charge in [0, 0.05) is 4.75 Å². The second-order valence-electron chi connectivity index (χ2n) is 13.2. The average Bonchev–Trinajstić information content (AvgIpc) is 3.47. The SMILES string of the molecule is C=C(C)[C@@H]1CC[C@]2(C)S[P@@](=S)(O[C@H]3[C@@H](O)[C@H](n4cnc5c(=O)[nH]c(N)nc54)O[C@@H]3CO[Si](C)(C)C(C)(C)C)O[C@H]2C1. The van der Waals surface area contributed by atoms with Gasteiger partial charge in [-0.05, 0) is 69.0 Å².